The molecule has 2 aromatic heterocycles. The molecule has 104 valence electrons. The molecule has 0 saturated heterocycles. The summed E-state index contributed by atoms with van der Waals surface area (Å²) >= 11 is 6.97. The van der Waals surface area contributed by atoms with E-state index in [1.807, 2.05) is 6.92 Å². The van der Waals surface area contributed by atoms with Crippen molar-refractivity contribution in [1.29, 1.82) is 0 Å². The van der Waals surface area contributed by atoms with E-state index < -0.39 is 0 Å². The number of nitrogens with zero attached hydrogens (tertiary/aromatic N) is 3. The minimum absolute atomic E-state index is 0.0479. The molecule has 1 unspecified atom stereocenters. The van der Waals surface area contributed by atoms with Crippen molar-refractivity contribution >= 4 is 33.5 Å². The molecule has 0 fully saturated rings. The number of nitrogens with two attached hydrogens (primary N) is 1. The summed E-state index contributed by atoms with van der Waals surface area (Å²) < 4.78 is 2.18. The molecular weight excluding hydrogens is 276 g/mol. The van der Waals surface area contributed by atoms with E-state index in [0.717, 1.165) is 29.4 Å². The Morgan fingerprint density at radius 1 is 1.47 bits per heavy atom. The van der Waals surface area contributed by atoms with E-state index >= 15 is 0 Å². The maximum absolute atomic E-state index is 6.01. The Labute approximate surface area is 123 Å². The quantitative estimate of drug-likeness (QED) is 0.862. The molecule has 0 spiro atoms. The van der Waals surface area contributed by atoms with E-state index in [-0.39, 0.29) is 6.04 Å². The molecule has 0 aromatic carbocycles. The smallest absolute Gasteiger partial charge is 0.194 e. The van der Waals surface area contributed by atoms with Gasteiger partial charge in [0.15, 0.2) is 4.96 Å². The Morgan fingerprint density at radius 3 is 2.63 bits per heavy atom. The molecule has 6 heteroatoms. The Kier molecular flexibility index (Phi) is 4.23. The summed E-state index contributed by atoms with van der Waals surface area (Å²) in [5.74, 6) is 0. The molecule has 2 heterocycles. The van der Waals surface area contributed by atoms with Gasteiger partial charge in [-0.3, -0.25) is 9.30 Å². The normalized spacial score (nSPS) is 13.3. The van der Waals surface area contributed by atoms with Gasteiger partial charge in [0.05, 0.1) is 16.4 Å². The van der Waals surface area contributed by atoms with Crippen molar-refractivity contribution in [2.45, 2.75) is 33.7 Å². The second kappa shape index (κ2) is 5.56. The number of hydrogen-bond acceptors (Lipinski definition) is 4. The highest BCUT2D eigenvalue weighted by molar-refractivity contribution is 7.80. The molecular formula is C13H20N4S2. The number of thiazole rings is 1. The molecule has 19 heavy (non-hydrogen) atoms. The molecule has 0 aliphatic carbocycles. The van der Waals surface area contributed by atoms with Gasteiger partial charge in [-0.2, -0.15) is 0 Å². The second-order valence-electron chi connectivity index (χ2n) is 4.60. The fraction of sp³-hybridized carbons (Fsp3) is 0.538. The third-order valence-electron chi connectivity index (χ3n) is 3.46. The Morgan fingerprint density at radius 2 is 2.11 bits per heavy atom. The van der Waals surface area contributed by atoms with Gasteiger partial charge < -0.3 is 5.73 Å². The standard InChI is InChI=1S/C13H20N4S2/c1-5-16(6-2)11(12(14)18)10-9(4)15-13-17(10)8(3)7-19-13/h7,11H,5-6H2,1-4H3,(H2,14,18). The summed E-state index contributed by atoms with van der Waals surface area (Å²) in [5, 5.41) is 2.12. The van der Waals surface area contributed by atoms with Gasteiger partial charge in [0, 0.05) is 11.1 Å². The first kappa shape index (κ1) is 14.4. The van der Waals surface area contributed by atoms with Crippen molar-refractivity contribution in [3.63, 3.8) is 0 Å². The van der Waals surface area contributed by atoms with Crippen LogP contribution >= 0.6 is 23.6 Å². The van der Waals surface area contributed by atoms with Gasteiger partial charge in [-0.05, 0) is 26.9 Å². The average molecular weight is 296 g/mol. The maximum Gasteiger partial charge on any atom is 0.194 e. The summed E-state index contributed by atoms with van der Waals surface area (Å²) in [7, 11) is 0. The van der Waals surface area contributed by atoms with Crippen molar-refractivity contribution in [1.82, 2.24) is 14.3 Å². The summed E-state index contributed by atoms with van der Waals surface area (Å²) in [5.41, 5.74) is 9.32. The van der Waals surface area contributed by atoms with Gasteiger partial charge in [0.2, 0.25) is 0 Å². The van der Waals surface area contributed by atoms with Crippen LogP contribution < -0.4 is 5.73 Å². The third kappa shape index (κ3) is 2.40. The lowest BCUT2D eigenvalue weighted by Gasteiger charge is -2.29. The molecule has 2 aromatic rings. The van der Waals surface area contributed by atoms with Crippen molar-refractivity contribution in [2.24, 2.45) is 5.73 Å². The van der Waals surface area contributed by atoms with Crippen LogP contribution in [-0.2, 0) is 0 Å². The van der Waals surface area contributed by atoms with Crippen molar-refractivity contribution < 1.29 is 0 Å². The first-order chi connectivity index (χ1) is 9.01. The molecule has 0 aliphatic rings. The van der Waals surface area contributed by atoms with Crippen LogP contribution in [0.25, 0.3) is 4.96 Å². The number of aryl methyl sites for hydroxylation is 2. The predicted molar refractivity (Wildman–Crippen MR) is 85.0 cm³/mol. The Bertz CT molecular complexity index is 595. The number of rotatable bonds is 5. The fourth-order valence-electron chi connectivity index (χ4n) is 2.52. The van der Waals surface area contributed by atoms with E-state index in [1.54, 1.807) is 11.3 Å². The van der Waals surface area contributed by atoms with Gasteiger partial charge >= 0.3 is 0 Å². The highest BCUT2D eigenvalue weighted by atomic mass is 32.1. The minimum atomic E-state index is -0.0479. The number of aromatic nitrogens is 2. The van der Waals surface area contributed by atoms with Crippen molar-refractivity contribution in [2.75, 3.05) is 13.1 Å². The summed E-state index contributed by atoms with van der Waals surface area (Å²) in [6.45, 7) is 10.2. The van der Waals surface area contributed by atoms with Crippen LogP contribution in [0.5, 0.6) is 0 Å². The zero-order valence-corrected chi connectivity index (χ0v) is 13.4. The van der Waals surface area contributed by atoms with E-state index in [1.165, 1.54) is 5.69 Å². The van der Waals surface area contributed by atoms with Crippen molar-refractivity contribution in [3.8, 4) is 0 Å². The predicted octanol–water partition coefficient (Wildman–Crippen LogP) is 2.68. The van der Waals surface area contributed by atoms with Crippen LogP contribution in [0, 0.1) is 13.8 Å². The van der Waals surface area contributed by atoms with Gasteiger partial charge in [0.1, 0.15) is 6.04 Å². The number of imidazole rings is 1. The lowest BCUT2D eigenvalue weighted by atomic mass is 10.1. The number of fused-ring (bicyclic) bond motifs is 1. The summed E-state index contributed by atoms with van der Waals surface area (Å²) in [4.78, 5) is 8.43. The first-order valence-corrected chi connectivity index (χ1v) is 7.76. The van der Waals surface area contributed by atoms with E-state index in [2.05, 4.69) is 40.4 Å². The van der Waals surface area contributed by atoms with Crippen molar-refractivity contribution in [3.05, 3.63) is 22.5 Å². The fourth-order valence-corrected chi connectivity index (χ4v) is 3.70. The van der Waals surface area contributed by atoms with Crippen LogP contribution in [0.1, 0.15) is 37.0 Å². The average Bonchev–Trinajstić information content (AvgIpc) is 2.86. The molecule has 0 radical (unpaired) electrons. The van der Waals surface area contributed by atoms with Crippen LogP contribution in [0.2, 0.25) is 0 Å². The van der Waals surface area contributed by atoms with E-state index in [0.29, 0.717) is 4.99 Å². The minimum Gasteiger partial charge on any atom is -0.392 e. The van der Waals surface area contributed by atoms with Crippen LogP contribution in [0.3, 0.4) is 0 Å². The monoisotopic (exact) mass is 296 g/mol. The topological polar surface area (TPSA) is 46.6 Å². The third-order valence-corrected chi connectivity index (χ3v) is 4.63. The number of likely N-dealkylation sites (N-methyl/N-ethyl adjacent to an activating group) is 1. The highest BCUT2D eigenvalue weighted by Gasteiger charge is 2.27. The zero-order valence-electron chi connectivity index (χ0n) is 11.8. The lowest BCUT2D eigenvalue weighted by molar-refractivity contribution is 0.266. The van der Waals surface area contributed by atoms with Gasteiger partial charge in [-0.1, -0.05) is 26.1 Å². The highest BCUT2D eigenvalue weighted by Crippen LogP contribution is 2.29. The molecule has 4 nitrogen and oxygen atoms in total. The Hall–Kier alpha value is -0.980. The van der Waals surface area contributed by atoms with E-state index in [4.69, 9.17) is 18.0 Å². The van der Waals surface area contributed by atoms with Crippen LogP contribution in [0.4, 0.5) is 0 Å². The SMILES string of the molecule is CCN(CC)C(C(N)=S)c1c(C)nc2scc(C)n12. The van der Waals surface area contributed by atoms with Crippen LogP contribution in [0.15, 0.2) is 5.38 Å². The molecule has 0 amide bonds. The van der Waals surface area contributed by atoms with Crippen LogP contribution in [-0.4, -0.2) is 32.4 Å². The Balaban J connectivity index is 2.64. The van der Waals surface area contributed by atoms with Gasteiger partial charge in [0.25, 0.3) is 0 Å². The molecule has 1 atom stereocenters. The summed E-state index contributed by atoms with van der Waals surface area (Å²) in [6, 6.07) is -0.0479. The zero-order chi connectivity index (χ0) is 14.2. The summed E-state index contributed by atoms with van der Waals surface area (Å²) in [6.07, 6.45) is 0. The first-order valence-electron chi connectivity index (χ1n) is 6.47. The van der Waals surface area contributed by atoms with Gasteiger partial charge in [-0.25, -0.2) is 4.98 Å². The molecule has 2 rings (SSSR count). The van der Waals surface area contributed by atoms with Gasteiger partial charge in [-0.15, -0.1) is 11.3 Å². The lowest BCUT2D eigenvalue weighted by Crippen LogP contribution is -2.37. The molecule has 2 N–H and O–H groups in total. The molecule has 0 bridgehead atoms. The molecule has 0 aliphatic heterocycles. The number of thiocarbonyl (C=S) groups is 1. The number of hydrogen-bond donors (Lipinski definition) is 1. The molecule has 0 saturated carbocycles. The largest absolute Gasteiger partial charge is 0.392 e. The van der Waals surface area contributed by atoms with E-state index in [9.17, 15) is 0 Å². The second-order valence-corrected chi connectivity index (χ2v) is 5.91. The maximum atomic E-state index is 6.01.